The molecule has 0 saturated carbocycles. The topological polar surface area (TPSA) is 84.1 Å². The van der Waals surface area contributed by atoms with Crippen LogP contribution in [0.2, 0.25) is 0 Å². The van der Waals surface area contributed by atoms with Crippen molar-refractivity contribution < 1.29 is 18.3 Å². The Bertz CT molecular complexity index is 773. The highest BCUT2D eigenvalue weighted by atomic mass is 19.3. The van der Waals surface area contributed by atoms with Gasteiger partial charge in [-0.3, -0.25) is 9.78 Å². The number of fused-ring (bicyclic) bond motifs is 1. The second kappa shape index (κ2) is 4.65. The second-order valence-electron chi connectivity index (χ2n) is 4.48. The van der Waals surface area contributed by atoms with Gasteiger partial charge in [0.25, 0.3) is 5.91 Å². The van der Waals surface area contributed by atoms with Crippen molar-refractivity contribution in [3.63, 3.8) is 0 Å². The van der Waals surface area contributed by atoms with Crippen LogP contribution in [0.5, 0.6) is 5.75 Å². The Morgan fingerprint density at radius 3 is 2.95 bits per heavy atom. The standard InChI is InChI=1S/C13H9F2N3O3/c14-13(15)6-8-2-1-7(5-9(8)21-13)11(19)17-10-3-4-16-12(20)18-10/h1-5H,6H2,(H2,16,17,18,19,20). The summed E-state index contributed by atoms with van der Waals surface area (Å²) in [4.78, 5) is 28.7. The number of benzene rings is 1. The molecule has 6 nitrogen and oxygen atoms in total. The molecule has 0 saturated heterocycles. The van der Waals surface area contributed by atoms with E-state index in [1.165, 1.54) is 30.5 Å². The first-order valence-corrected chi connectivity index (χ1v) is 5.99. The third-order valence-electron chi connectivity index (χ3n) is 2.91. The first-order chi connectivity index (χ1) is 9.93. The molecule has 0 aliphatic carbocycles. The SMILES string of the molecule is O=C(Nc1ccnc(=O)[nH]1)c1ccc2c(c1)OC(F)(F)C2. The molecule has 3 rings (SSSR count). The van der Waals surface area contributed by atoms with E-state index in [4.69, 9.17) is 0 Å². The zero-order valence-electron chi connectivity index (χ0n) is 10.5. The molecule has 1 amide bonds. The molecule has 0 fully saturated rings. The van der Waals surface area contributed by atoms with Crippen LogP contribution in [0, 0.1) is 0 Å². The number of carbonyl (C=O) groups is 1. The lowest BCUT2D eigenvalue weighted by atomic mass is 10.1. The normalized spacial score (nSPS) is 15.1. The number of anilines is 1. The average molecular weight is 293 g/mol. The predicted molar refractivity (Wildman–Crippen MR) is 68.5 cm³/mol. The summed E-state index contributed by atoms with van der Waals surface area (Å²) in [5.41, 5.74) is -0.122. The summed E-state index contributed by atoms with van der Waals surface area (Å²) >= 11 is 0. The van der Waals surface area contributed by atoms with Crippen molar-refractivity contribution in [1.29, 1.82) is 0 Å². The molecule has 0 spiro atoms. The zero-order valence-corrected chi connectivity index (χ0v) is 10.5. The average Bonchev–Trinajstić information content (AvgIpc) is 2.71. The number of rotatable bonds is 2. The number of nitrogens with one attached hydrogen (secondary N) is 2. The van der Waals surface area contributed by atoms with Gasteiger partial charge in [-0.2, -0.15) is 8.78 Å². The Labute approximate surface area is 116 Å². The number of hydrogen-bond acceptors (Lipinski definition) is 4. The number of aromatic amines is 1. The highest BCUT2D eigenvalue weighted by Gasteiger charge is 2.39. The molecule has 1 aliphatic rings. The van der Waals surface area contributed by atoms with Gasteiger partial charge in [-0.25, -0.2) is 9.78 Å². The summed E-state index contributed by atoms with van der Waals surface area (Å²) in [6, 6.07) is 5.47. The molecule has 0 radical (unpaired) electrons. The van der Waals surface area contributed by atoms with E-state index in [1.807, 2.05) is 0 Å². The van der Waals surface area contributed by atoms with Crippen molar-refractivity contribution in [3.05, 3.63) is 52.1 Å². The second-order valence-corrected chi connectivity index (χ2v) is 4.48. The van der Waals surface area contributed by atoms with Crippen molar-refractivity contribution >= 4 is 11.7 Å². The number of amides is 1. The number of aromatic nitrogens is 2. The molecule has 1 aliphatic heterocycles. The third kappa shape index (κ3) is 2.73. The fourth-order valence-corrected chi connectivity index (χ4v) is 1.99. The van der Waals surface area contributed by atoms with Crippen LogP contribution >= 0.6 is 0 Å². The Morgan fingerprint density at radius 2 is 2.19 bits per heavy atom. The molecule has 8 heteroatoms. The van der Waals surface area contributed by atoms with Gasteiger partial charge in [0.05, 0.1) is 6.42 Å². The van der Waals surface area contributed by atoms with Gasteiger partial charge in [-0.15, -0.1) is 0 Å². The van der Waals surface area contributed by atoms with Crippen LogP contribution in [0.1, 0.15) is 15.9 Å². The largest absolute Gasteiger partial charge is 0.432 e. The van der Waals surface area contributed by atoms with E-state index in [0.29, 0.717) is 5.56 Å². The number of hydrogen-bond donors (Lipinski definition) is 2. The van der Waals surface area contributed by atoms with Crippen molar-refractivity contribution in [1.82, 2.24) is 9.97 Å². The predicted octanol–water partition coefficient (Wildman–Crippen LogP) is 1.55. The van der Waals surface area contributed by atoms with Gasteiger partial charge >= 0.3 is 11.8 Å². The van der Waals surface area contributed by atoms with Crippen molar-refractivity contribution in [2.24, 2.45) is 0 Å². The maximum absolute atomic E-state index is 13.1. The first-order valence-electron chi connectivity index (χ1n) is 5.99. The molecule has 1 aromatic heterocycles. The zero-order chi connectivity index (χ0) is 15.0. The van der Waals surface area contributed by atoms with Crippen LogP contribution in [0.15, 0.2) is 35.3 Å². The van der Waals surface area contributed by atoms with Crippen LogP contribution in [0.4, 0.5) is 14.6 Å². The maximum atomic E-state index is 13.1. The Hall–Kier alpha value is -2.77. The van der Waals surface area contributed by atoms with Gasteiger partial charge in [0.1, 0.15) is 11.6 Å². The molecule has 108 valence electrons. The summed E-state index contributed by atoms with van der Waals surface area (Å²) in [5, 5.41) is 2.43. The van der Waals surface area contributed by atoms with Crippen molar-refractivity contribution in [2.45, 2.75) is 12.5 Å². The number of nitrogens with zero attached hydrogens (tertiary/aromatic N) is 1. The Kier molecular flexibility index (Phi) is 2.93. The molecule has 2 heterocycles. The number of ether oxygens (including phenoxy) is 1. The maximum Gasteiger partial charge on any atom is 0.402 e. The highest BCUT2D eigenvalue weighted by molar-refractivity contribution is 6.04. The number of alkyl halides is 2. The highest BCUT2D eigenvalue weighted by Crippen LogP contribution is 2.37. The van der Waals surface area contributed by atoms with Crippen LogP contribution in [0.3, 0.4) is 0 Å². The smallest absolute Gasteiger partial charge is 0.402 e. The molecule has 0 unspecified atom stereocenters. The van der Waals surface area contributed by atoms with Gasteiger partial charge in [0.15, 0.2) is 0 Å². The van der Waals surface area contributed by atoms with Gasteiger partial charge in [0, 0.05) is 17.3 Å². The third-order valence-corrected chi connectivity index (χ3v) is 2.91. The van der Waals surface area contributed by atoms with E-state index >= 15 is 0 Å². The van der Waals surface area contributed by atoms with Gasteiger partial charge < -0.3 is 10.1 Å². The van der Waals surface area contributed by atoms with Gasteiger partial charge in [0.2, 0.25) is 0 Å². The van der Waals surface area contributed by atoms with E-state index < -0.39 is 24.1 Å². The molecule has 2 N–H and O–H groups in total. The fourth-order valence-electron chi connectivity index (χ4n) is 1.99. The number of H-pyrrole nitrogens is 1. The summed E-state index contributed by atoms with van der Waals surface area (Å²) in [6.45, 7) is 0. The minimum absolute atomic E-state index is 0.0177. The molecule has 0 atom stereocenters. The van der Waals surface area contributed by atoms with Gasteiger partial charge in [-0.1, -0.05) is 6.07 Å². The van der Waals surface area contributed by atoms with Crippen LogP contribution in [0.25, 0.3) is 0 Å². The van der Waals surface area contributed by atoms with Crippen molar-refractivity contribution in [3.8, 4) is 5.75 Å². The Balaban J connectivity index is 1.82. The van der Waals surface area contributed by atoms with E-state index in [1.54, 1.807) is 0 Å². The molecular formula is C13H9F2N3O3. The minimum Gasteiger partial charge on any atom is -0.432 e. The van der Waals surface area contributed by atoms with E-state index in [2.05, 4.69) is 20.0 Å². The molecule has 0 bridgehead atoms. The van der Waals surface area contributed by atoms with Crippen LogP contribution in [-0.2, 0) is 6.42 Å². The number of carbonyl (C=O) groups excluding carboxylic acids is 1. The lowest BCUT2D eigenvalue weighted by Crippen LogP contribution is -2.20. The Morgan fingerprint density at radius 1 is 1.38 bits per heavy atom. The van der Waals surface area contributed by atoms with E-state index in [0.717, 1.165) is 0 Å². The van der Waals surface area contributed by atoms with Crippen LogP contribution in [-0.4, -0.2) is 22.0 Å². The van der Waals surface area contributed by atoms with Gasteiger partial charge in [-0.05, 0) is 18.2 Å². The van der Waals surface area contributed by atoms with Crippen LogP contribution < -0.4 is 15.7 Å². The molecule has 21 heavy (non-hydrogen) atoms. The van der Waals surface area contributed by atoms with Crippen molar-refractivity contribution in [2.75, 3.05) is 5.32 Å². The minimum atomic E-state index is -3.24. The summed E-state index contributed by atoms with van der Waals surface area (Å²) in [6.07, 6.45) is -2.52. The molecular weight excluding hydrogens is 284 g/mol. The fraction of sp³-hybridized carbons (Fsp3) is 0.154. The summed E-state index contributed by atoms with van der Waals surface area (Å²) in [5.74, 6) is -0.416. The van der Waals surface area contributed by atoms with E-state index in [9.17, 15) is 18.4 Å². The molecule has 1 aromatic carbocycles. The lowest BCUT2D eigenvalue weighted by Gasteiger charge is -2.08. The van der Waals surface area contributed by atoms with E-state index in [-0.39, 0.29) is 17.1 Å². The monoisotopic (exact) mass is 293 g/mol. The summed E-state index contributed by atoms with van der Waals surface area (Å²) in [7, 11) is 0. The lowest BCUT2D eigenvalue weighted by molar-refractivity contribution is -0.159. The molecule has 2 aromatic rings. The summed E-state index contributed by atoms with van der Waals surface area (Å²) < 4.78 is 30.7. The number of halogens is 2. The first kappa shape index (κ1) is 13.2. The quantitative estimate of drug-likeness (QED) is 0.880.